The highest BCUT2D eigenvalue weighted by Crippen LogP contribution is 2.25. The van der Waals surface area contributed by atoms with Crippen LogP contribution in [0.5, 0.6) is 5.75 Å². The van der Waals surface area contributed by atoms with Crippen LogP contribution < -0.4 is 4.74 Å². The van der Waals surface area contributed by atoms with Crippen LogP contribution in [0.2, 0.25) is 0 Å². The highest BCUT2D eigenvalue weighted by atomic mass is 16.5. The van der Waals surface area contributed by atoms with Gasteiger partial charge in [-0.25, -0.2) is 0 Å². The predicted octanol–water partition coefficient (Wildman–Crippen LogP) is 5.45. The normalized spacial score (nSPS) is 17.7. The fourth-order valence-corrected chi connectivity index (χ4v) is 4.81. The number of nitrogens with zero attached hydrogens (tertiary/aromatic N) is 1. The third-order valence-corrected chi connectivity index (χ3v) is 6.28. The lowest BCUT2D eigenvalue weighted by Gasteiger charge is -2.39. The van der Waals surface area contributed by atoms with Gasteiger partial charge in [-0.15, -0.1) is 0 Å². The molecule has 0 spiro atoms. The van der Waals surface area contributed by atoms with Crippen molar-refractivity contribution in [3.8, 4) is 5.75 Å². The van der Waals surface area contributed by atoms with Crippen molar-refractivity contribution in [1.29, 1.82) is 0 Å². The number of rotatable bonds is 8. The Hall–Kier alpha value is -1.84. The molecule has 29 heavy (non-hydrogen) atoms. The molecular weight excluding hydrogens is 358 g/mol. The summed E-state index contributed by atoms with van der Waals surface area (Å²) in [6.07, 6.45) is 4.65. The van der Waals surface area contributed by atoms with Crippen LogP contribution >= 0.6 is 0 Å². The van der Waals surface area contributed by atoms with Gasteiger partial charge in [0, 0.05) is 5.56 Å². The summed E-state index contributed by atoms with van der Waals surface area (Å²) in [5, 5.41) is 10.9. The number of quaternary nitrogens is 1. The number of ether oxygens (including phenoxy) is 1. The summed E-state index contributed by atoms with van der Waals surface area (Å²) in [6, 6.07) is 17.0. The first-order valence-electron chi connectivity index (χ1n) is 11.3. The molecule has 1 heterocycles. The SMILES string of the molecule is Cc1cc(OC[C@H](O)C[N+]2(Cc3ccccc3)CCCCCC2)ccc1C(C)C. The minimum atomic E-state index is -0.457. The second-order valence-corrected chi connectivity index (χ2v) is 9.17. The molecule has 2 aromatic rings. The van der Waals surface area contributed by atoms with Crippen LogP contribution in [0.25, 0.3) is 0 Å². The molecule has 1 saturated heterocycles. The fraction of sp³-hybridized carbons (Fsp3) is 0.538. The van der Waals surface area contributed by atoms with E-state index in [2.05, 4.69) is 63.2 Å². The molecule has 0 aromatic heterocycles. The molecule has 2 aromatic carbocycles. The van der Waals surface area contributed by atoms with E-state index in [9.17, 15) is 5.11 Å². The summed E-state index contributed by atoms with van der Waals surface area (Å²) in [4.78, 5) is 0. The number of aliphatic hydroxyl groups excluding tert-OH is 1. The van der Waals surface area contributed by atoms with Gasteiger partial charge in [-0.3, -0.25) is 0 Å². The largest absolute Gasteiger partial charge is 0.491 e. The summed E-state index contributed by atoms with van der Waals surface area (Å²) < 4.78 is 6.96. The zero-order valence-electron chi connectivity index (χ0n) is 18.4. The molecule has 0 bridgehead atoms. The molecule has 158 valence electrons. The number of aliphatic hydroxyl groups is 1. The van der Waals surface area contributed by atoms with E-state index in [1.165, 1.54) is 42.4 Å². The van der Waals surface area contributed by atoms with Gasteiger partial charge < -0.3 is 14.3 Å². The summed E-state index contributed by atoms with van der Waals surface area (Å²) in [5.41, 5.74) is 3.98. The van der Waals surface area contributed by atoms with E-state index in [1.807, 2.05) is 6.07 Å². The van der Waals surface area contributed by atoms with E-state index in [-0.39, 0.29) is 0 Å². The van der Waals surface area contributed by atoms with Crippen LogP contribution in [0.15, 0.2) is 48.5 Å². The van der Waals surface area contributed by atoms with Crippen molar-refractivity contribution in [1.82, 2.24) is 0 Å². The Morgan fingerprint density at radius 2 is 1.66 bits per heavy atom. The van der Waals surface area contributed by atoms with E-state index >= 15 is 0 Å². The van der Waals surface area contributed by atoms with E-state index < -0.39 is 6.10 Å². The molecule has 0 aliphatic carbocycles. The van der Waals surface area contributed by atoms with E-state index in [4.69, 9.17) is 4.74 Å². The fourth-order valence-electron chi connectivity index (χ4n) is 4.81. The third kappa shape index (κ3) is 6.32. The van der Waals surface area contributed by atoms with Gasteiger partial charge in [0.2, 0.25) is 0 Å². The van der Waals surface area contributed by atoms with Crippen molar-refractivity contribution >= 4 is 0 Å². The third-order valence-electron chi connectivity index (χ3n) is 6.28. The molecular formula is C26H38NO2+. The minimum Gasteiger partial charge on any atom is -0.491 e. The van der Waals surface area contributed by atoms with Gasteiger partial charge in [0.1, 0.15) is 31.5 Å². The molecule has 1 fully saturated rings. The lowest BCUT2D eigenvalue weighted by molar-refractivity contribution is -0.942. The molecule has 0 radical (unpaired) electrons. The monoisotopic (exact) mass is 396 g/mol. The van der Waals surface area contributed by atoms with Gasteiger partial charge in [-0.2, -0.15) is 0 Å². The second kappa shape index (κ2) is 10.3. The first-order chi connectivity index (χ1) is 14.0. The zero-order valence-corrected chi connectivity index (χ0v) is 18.4. The van der Waals surface area contributed by atoms with Crippen molar-refractivity contribution in [2.75, 3.05) is 26.2 Å². The van der Waals surface area contributed by atoms with Gasteiger partial charge in [0.05, 0.1) is 13.1 Å². The number of hydrogen-bond donors (Lipinski definition) is 1. The molecule has 1 atom stereocenters. The summed E-state index contributed by atoms with van der Waals surface area (Å²) in [5.74, 6) is 1.37. The van der Waals surface area contributed by atoms with Crippen LogP contribution in [0.4, 0.5) is 0 Å². The minimum absolute atomic E-state index is 0.356. The average molecular weight is 397 g/mol. The lowest BCUT2D eigenvalue weighted by atomic mass is 9.98. The molecule has 3 heteroatoms. The smallest absolute Gasteiger partial charge is 0.137 e. The first kappa shape index (κ1) is 21.9. The van der Waals surface area contributed by atoms with Gasteiger partial charge >= 0.3 is 0 Å². The van der Waals surface area contributed by atoms with Crippen molar-refractivity contribution in [2.45, 2.75) is 65.0 Å². The van der Waals surface area contributed by atoms with Crippen LogP contribution in [-0.2, 0) is 6.54 Å². The Balaban J connectivity index is 1.63. The molecule has 0 unspecified atom stereocenters. The Labute approximate surface area is 176 Å². The molecule has 1 aliphatic heterocycles. The molecule has 3 nitrogen and oxygen atoms in total. The van der Waals surface area contributed by atoms with Crippen LogP contribution in [0.3, 0.4) is 0 Å². The number of hydrogen-bond acceptors (Lipinski definition) is 2. The summed E-state index contributed by atoms with van der Waals surface area (Å²) >= 11 is 0. The second-order valence-electron chi connectivity index (χ2n) is 9.17. The van der Waals surface area contributed by atoms with E-state index in [1.54, 1.807) is 0 Å². The summed E-state index contributed by atoms with van der Waals surface area (Å²) in [7, 11) is 0. The summed E-state index contributed by atoms with van der Waals surface area (Å²) in [6.45, 7) is 11.0. The molecule has 0 saturated carbocycles. The molecule has 1 aliphatic rings. The van der Waals surface area contributed by atoms with E-state index in [0.717, 1.165) is 36.4 Å². The number of aryl methyl sites for hydroxylation is 1. The van der Waals surface area contributed by atoms with Gasteiger partial charge in [-0.1, -0.05) is 50.2 Å². The number of likely N-dealkylation sites (tertiary alicyclic amines) is 1. The van der Waals surface area contributed by atoms with E-state index in [0.29, 0.717) is 12.5 Å². The maximum atomic E-state index is 10.9. The highest BCUT2D eigenvalue weighted by molar-refractivity contribution is 5.36. The molecule has 1 N–H and O–H groups in total. The predicted molar refractivity (Wildman–Crippen MR) is 120 cm³/mol. The Bertz CT molecular complexity index is 749. The Kier molecular flexibility index (Phi) is 7.74. The van der Waals surface area contributed by atoms with Crippen molar-refractivity contribution in [3.05, 3.63) is 65.2 Å². The average Bonchev–Trinajstić information content (AvgIpc) is 2.92. The Morgan fingerprint density at radius 3 is 2.28 bits per heavy atom. The van der Waals surface area contributed by atoms with Gasteiger partial charge in [0.25, 0.3) is 0 Å². The quantitative estimate of drug-likeness (QED) is 0.601. The topological polar surface area (TPSA) is 29.5 Å². The standard InChI is InChI=1S/C26H38NO2/c1-21(2)26-14-13-25(17-22(26)3)29-20-24(28)19-27(15-9-4-5-10-16-27)18-23-11-7-6-8-12-23/h6-8,11-14,17,21,24,28H,4-5,9-10,15-16,18-20H2,1-3H3/q+1/t24-/m1/s1. The van der Waals surface area contributed by atoms with Crippen molar-refractivity contribution < 1.29 is 14.3 Å². The Morgan fingerprint density at radius 1 is 0.966 bits per heavy atom. The molecule has 3 rings (SSSR count). The molecule has 0 amide bonds. The van der Waals surface area contributed by atoms with Crippen LogP contribution in [0.1, 0.15) is 62.1 Å². The zero-order chi connectivity index (χ0) is 20.7. The number of benzene rings is 2. The van der Waals surface area contributed by atoms with Crippen molar-refractivity contribution in [2.24, 2.45) is 0 Å². The maximum absolute atomic E-state index is 10.9. The van der Waals surface area contributed by atoms with Gasteiger partial charge in [0.15, 0.2) is 0 Å². The first-order valence-corrected chi connectivity index (χ1v) is 11.3. The van der Waals surface area contributed by atoms with Crippen molar-refractivity contribution in [3.63, 3.8) is 0 Å². The van der Waals surface area contributed by atoms with Crippen LogP contribution in [-0.4, -0.2) is 41.9 Å². The highest BCUT2D eigenvalue weighted by Gasteiger charge is 2.32. The van der Waals surface area contributed by atoms with Gasteiger partial charge in [-0.05, 0) is 61.8 Å². The van der Waals surface area contributed by atoms with Crippen LogP contribution in [0, 0.1) is 6.92 Å². The maximum Gasteiger partial charge on any atom is 0.137 e. The lowest BCUT2D eigenvalue weighted by Crippen LogP contribution is -2.53.